The largest absolute Gasteiger partial charge is 0.455 e. The molecule has 71 heavy (non-hydrogen) atoms. The van der Waals surface area contributed by atoms with Crippen molar-refractivity contribution in [3.05, 3.63) is 249 Å². The molecule has 0 aliphatic heterocycles. The van der Waals surface area contributed by atoms with E-state index >= 15 is 0 Å². The van der Waals surface area contributed by atoms with Crippen molar-refractivity contribution in [3.63, 3.8) is 0 Å². The highest BCUT2D eigenvalue weighted by atomic mass is 16.3. The number of nitrogens with zero attached hydrogens (tertiary/aromatic N) is 5. The molecular formula is C65H41N5O. The molecule has 6 heteroatoms. The minimum Gasteiger partial charge on any atom is -0.455 e. The molecule has 332 valence electrons. The predicted octanol–water partition coefficient (Wildman–Crippen LogP) is 16.7. The molecule has 0 bridgehead atoms. The number of rotatable bonds is 9. The van der Waals surface area contributed by atoms with Crippen LogP contribution >= 0.6 is 0 Å². The number of fused-ring (bicyclic) bond motifs is 5. The molecule has 0 aliphatic rings. The second-order valence-electron chi connectivity index (χ2n) is 17.7. The molecule has 0 aliphatic carbocycles. The van der Waals surface area contributed by atoms with Gasteiger partial charge in [0.05, 0.1) is 11.4 Å². The van der Waals surface area contributed by atoms with Crippen molar-refractivity contribution in [2.75, 3.05) is 0 Å². The van der Waals surface area contributed by atoms with Crippen LogP contribution in [0, 0.1) is 0 Å². The van der Waals surface area contributed by atoms with Crippen molar-refractivity contribution in [2.45, 2.75) is 0 Å². The van der Waals surface area contributed by atoms with Crippen LogP contribution in [0.1, 0.15) is 0 Å². The van der Waals surface area contributed by atoms with E-state index in [1.165, 1.54) is 0 Å². The molecule has 3 aromatic heterocycles. The standard InChI is InChI=1S/C65H41N5O/c1-4-16-42(17-5-1)46-23-13-28-52(37-46)63-68-64(53-29-14-24-47(38-53)43-18-6-2-7-19-43)70-65(69-63)54-30-15-26-49(39-54)48-25-12-27-50(36-48)58-41-59(67-62(66-58)45-21-8-3-9-22-45)51-33-34-56-57-35-32-44-20-10-11-31-55(44)61(57)71-60(56)40-51/h1-41H. The molecular weight excluding hydrogens is 867 g/mol. The number of furan rings is 1. The molecule has 0 amide bonds. The van der Waals surface area contributed by atoms with Crippen molar-refractivity contribution >= 4 is 32.7 Å². The van der Waals surface area contributed by atoms with Gasteiger partial charge < -0.3 is 4.42 Å². The van der Waals surface area contributed by atoms with Gasteiger partial charge in [-0.05, 0) is 87.3 Å². The van der Waals surface area contributed by atoms with E-state index in [-0.39, 0.29) is 0 Å². The van der Waals surface area contributed by atoms with Crippen LogP contribution in [-0.4, -0.2) is 24.9 Å². The maximum atomic E-state index is 6.61. The van der Waals surface area contributed by atoms with Gasteiger partial charge >= 0.3 is 0 Å². The molecule has 13 aromatic rings. The zero-order chi connectivity index (χ0) is 47.1. The fourth-order valence-electron chi connectivity index (χ4n) is 9.52. The van der Waals surface area contributed by atoms with Crippen LogP contribution in [0.2, 0.25) is 0 Å². The molecule has 0 saturated heterocycles. The highest BCUT2D eigenvalue weighted by Gasteiger charge is 2.18. The van der Waals surface area contributed by atoms with Gasteiger partial charge in [0.1, 0.15) is 11.2 Å². The van der Waals surface area contributed by atoms with E-state index in [4.69, 9.17) is 29.3 Å². The summed E-state index contributed by atoms with van der Waals surface area (Å²) in [5, 5.41) is 4.41. The Kier molecular flexibility index (Phi) is 10.4. The average molecular weight is 908 g/mol. The molecule has 13 rings (SSSR count). The van der Waals surface area contributed by atoms with Gasteiger partial charge in [-0.2, -0.15) is 0 Å². The summed E-state index contributed by atoms with van der Waals surface area (Å²) in [5.41, 5.74) is 15.3. The van der Waals surface area contributed by atoms with Crippen molar-refractivity contribution in [3.8, 4) is 101 Å². The molecule has 0 fully saturated rings. The summed E-state index contributed by atoms with van der Waals surface area (Å²) >= 11 is 0. The van der Waals surface area contributed by atoms with Crippen LogP contribution < -0.4 is 0 Å². The van der Waals surface area contributed by atoms with E-state index in [2.05, 4.69) is 218 Å². The van der Waals surface area contributed by atoms with Crippen molar-refractivity contribution in [2.24, 2.45) is 0 Å². The van der Waals surface area contributed by atoms with E-state index in [1.807, 2.05) is 30.3 Å². The lowest BCUT2D eigenvalue weighted by Gasteiger charge is -2.12. The van der Waals surface area contributed by atoms with Gasteiger partial charge in [-0.3, -0.25) is 0 Å². The van der Waals surface area contributed by atoms with Gasteiger partial charge in [0.15, 0.2) is 23.3 Å². The van der Waals surface area contributed by atoms with Gasteiger partial charge in [-0.25, -0.2) is 24.9 Å². The van der Waals surface area contributed by atoms with E-state index in [1.54, 1.807) is 0 Å². The van der Waals surface area contributed by atoms with Crippen LogP contribution in [0.15, 0.2) is 253 Å². The van der Waals surface area contributed by atoms with Gasteiger partial charge in [-0.1, -0.05) is 200 Å². The fraction of sp³-hybridized carbons (Fsp3) is 0. The first kappa shape index (κ1) is 41.5. The molecule has 6 nitrogen and oxygen atoms in total. The van der Waals surface area contributed by atoms with Crippen molar-refractivity contribution in [1.29, 1.82) is 0 Å². The summed E-state index contributed by atoms with van der Waals surface area (Å²) in [5.74, 6) is 2.43. The molecule has 0 radical (unpaired) electrons. The summed E-state index contributed by atoms with van der Waals surface area (Å²) in [6.45, 7) is 0. The monoisotopic (exact) mass is 907 g/mol. The summed E-state index contributed by atoms with van der Waals surface area (Å²) in [6, 6.07) is 85.8. The Balaban J connectivity index is 0.898. The van der Waals surface area contributed by atoms with Crippen LogP contribution in [-0.2, 0) is 0 Å². The normalized spacial score (nSPS) is 11.4. The third-order valence-electron chi connectivity index (χ3n) is 13.1. The minimum absolute atomic E-state index is 0.584. The zero-order valence-electron chi connectivity index (χ0n) is 38.3. The van der Waals surface area contributed by atoms with Crippen LogP contribution in [0.3, 0.4) is 0 Å². The lowest BCUT2D eigenvalue weighted by Crippen LogP contribution is -2.00. The average Bonchev–Trinajstić information content (AvgIpc) is 3.84. The van der Waals surface area contributed by atoms with E-state index in [9.17, 15) is 0 Å². The number of hydrogen-bond acceptors (Lipinski definition) is 6. The van der Waals surface area contributed by atoms with Crippen LogP contribution in [0.4, 0.5) is 0 Å². The number of benzene rings is 10. The zero-order valence-corrected chi connectivity index (χ0v) is 38.3. The van der Waals surface area contributed by atoms with Gasteiger partial charge in [0.25, 0.3) is 0 Å². The molecule has 10 aromatic carbocycles. The smallest absolute Gasteiger partial charge is 0.164 e. The lowest BCUT2D eigenvalue weighted by molar-refractivity contribution is 0.673. The molecule has 0 N–H and O–H groups in total. The van der Waals surface area contributed by atoms with E-state index in [0.29, 0.717) is 23.3 Å². The first-order chi connectivity index (χ1) is 35.1. The quantitative estimate of drug-likeness (QED) is 0.144. The maximum Gasteiger partial charge on any atom is 0.164 e. The highest BCUT2D eigenvalue weighted by molar-refractivity contribution is 6.15. The Bertz CT molecular complexity index is 4010. The van der Waals surface area contributed by atoms with Crippen LogP contribution in [0.25, 0.3) is 134 Å². The van der Waals surface area contributed by atoms with Crippen molar-refractivity contribution in [1.82, 2.24) is 24.9 Å². The minimum atomic E-state index is 0.584. The predicted molar refractivity (Wildman–Crippen MR) is 289 cm³/mol. The summed E-state index contributed by atoms with van der Waals surface area (Å²) in [7, 11) is 0. The second-order valence-corrected chi connectivity index (χ2v) is 17.7. The molecule has 0 atom stereocenters. The summed E-state index contributed by atoms with van der Waals surface area (Å²) in [4.78, 5) is 25.9. The fourth-order valence-corrected chi connectivity index (χ4v) is 9.52. The van der Waals surface area contributed by atoms with Gasteiger partial charge in [-0.15, -0.1) is 0 Å². The molecule has 3 heterocycles. The Morgan fingerprint density at radius 2 is 0.620 bits per heavy atom. The first-order valence-corrected chi connectivity index (χ1v) is 23.7. The SMILES string of the molecule is c1ccc(-c2cccc(-c3nc(-c4cccc(-c5ccccc5)c4)nc(-c4cccc(-c5cccc(-c6cc(-c7ccc8c(c7)oc7c9ccccc9ccc87)nc(-c7ccccc7)n6)c5)c4)n3)c2)cc1. The molecule has 0 spiro atoms. The maximum absolute atomic E-state index is 6.61. The lowest BCUT2D eigenvalue weighted by atomic mass is 9.98. The molecule has 0 unspecified atom stereocenters. The Morgan fingerprint density at radius 3 is 1.17 bits per heavy atom. The van der Waals surface area contributed by atoms with Gasteiger partial charge in [0, 0.05) is 49.5 Å². The van der Waals surface area contributed by atoms with Gasteiger partial charge in [0.2, 0.25) is 0 Å². The first-order valence-electron chi connectivity index (χ1n) is 23.7. The summed E-state index contributed by atoms with van der Waals surface area (Å²) in [6.07, 6.45) is 0. The number of hydrogen-bond donors (Lipinski definition) is 0. The van der Waals surface area contributed by atoms with E-state index in [0.717, 1.165) is 111 Å². The highest BCUT2D eigenvalue weighted by Crippen LogP contribution is 2.38. The second kappa shape index (κ2) is 17.8. The summed E-state index contributed by atoms with van der Waals surface area (Å²) < 4.78 is 6.61. The molecule has 0 saturated carbocycles. The van der Waals surface area contributed by atoms with Crippen LogP contribution in [0.5, 0.6) is 0 Å². The third kappa shape index (κ3) is 8.09. The van der Waals surface area contributed by atoms with Crippen molar-refractivity contribution < 1.29 is 4.42 Å². The number of aromatic nitrogens is 5. The Labute approximate surface area is 410 Å². The Hall–Kier alpha value is -9.65. The Morgan fingerprint density at radius 1 is 0.225 bits per heavy atom. The van der Waals surface area contributed by atoms with E-state index < -0.39 is 0 Å². The topological polar surface area (TPSA) is 77.6 Å². The third-order valence-corrected chi connectivity index (χ3v) is 13.1.